The summed E-state index contributed by atoms with van der Waals surface area (Å²) >= 11 is 0. The second-order valence-corrected chi connectivity index (χ2v) is 4.30. The molecular formula is C13H15NO5. The van der Waals surface area contributed by atoms with Gasteiger partial charge in [-0.3, -0.25) is 4.79 Å². The maximum absolute atomic E-state index is 12.3. The molecule has 1 aliphatic rings. The Morgan fingerprint density at radius 2 is 2.11 bits per heavy atom. The van der Waals surface area contributed by atoms with E-state index in [-0.39, 0.29) is 24.1 Å². The van der Waals surface area contributed by atoms with Crippen LogP contribution in [-0.4, -0.2) is 59.4 Å². The van der Waals surface area contributed by atoms with Gasteiger partial charge in [0.25, 0.3) is 5.91 Å². The number of amides is 1. The van der Waals surface area contributed by atoms with Gasteiger partial charge in [0, 0.05) is 12.1 Å². The fourth-order valence-corrected chi connectivity index (χ4v) is 2.02. The zero-order chi connectivity index (χ0) is 13.8. The first-order valence-electron chi connectivity index (χ1n) is 5.96. The molecule has 0 radical (unpaired) electrons. The quantitative estimate of drug-likeness (QED) is 0.816. The Morgan fingerprint density at radius 1 is 1.37 bits per heavy atom. The molecule has 1 fully saturated rings. The van der Waals surface area contributed by atoms with E-state index in [1.54, 1.807) is 6.07 Å². The molecule has 0 bridgehead atoms. The third-order valence-corrected chi connectivity index (χ3v) is 3.06. The molecule has 0 aromatic heterocycles. The zero-order valence-electron chi connectivity index (χ0n) is 10.3. The van der Waals surface area contributed by atoms with Crippen LogP contribution in [0.3, 0.4) is 0 Å². The topological polar surface area (TPSA) is 87.1 Å². The van der Waals surface area contributed by atoms with E-state index in [0.29, 0.717) is 25.3 Å². The summed E-state index contributed by atoms with van der Waals surface area (Å²) in [5.74, 6) is -1.36. The Morgan fingerprint density at radius 3 is 2.79 bits per heavy atom. The number of carboxylic acids is 1. The highest BCUT2D eigenvalue weighted by Gasteiger charge is 2.27. The lowest BCUT2D eigenvalue weighted by Gasteiger charge is -2.34. The molecule has 1 unspecified atom stereocenters. The third-order valence-electron chi connectivity index (χ3n) is 3.06. The first-order valence-corrected chi connectivity index (χ1v) is 5.96. The lowest BCUT2D eigenvalue weighted by atomic mass is 10.1. The number of hydrogen-bond donors (Lipinski definition) is 2. The van der Waals surface area contributed by atoms with Crippen molar-refractivity contribution in [2.75, 3.05) is 26.4 Å². The summed E-state index contributed by atoms with van der Waals surface area (Å²) in [5.41, 5.74) is 0.375. The van der Waals surface area contributed by atoms with E-state index in [9.17, 15) is 14.7 Å². The van der Waals surface area contributed by atoms with Gasteiger partial charge in [0.2, 0.25) is 0 Å². The van der Waals surface area contributed by atoms with E-state index < -0.39 is 5.97 Å². The number of carboxylic acid groups (broad SMARTS) is 1. The summed E-state index contributed by atoms with van der Waals surface area (Å²) in [5, 5.41) is 18.1. The molecule has 1 atom stereocenters. The standard InChI is InChI=1S/C13H15NO5/c15-7-11-8-19-5-4-14(11)12(16)9-2-1-3-10(6-9)13(17)18/h1-3,6,11,15H,4-5,7-8H2,(H,17,18). The van der Waals surface area contributed by atoms with E-state index in [0.717, 1.165) is 0 Å². The molecule has 0 spiro atoms. The minimum atomic E-state index is -1.07. The van der Waals surface area contributed by atoms with Crippen LogP contribution in [0.25, 0.3) is 0 Å². The number of nitrogens with zero attached hydrogens (tertiary/aromatic N) is 1. The van der Waals surface area contributed by atoms with Gasteiger partial charge in [-0.15, -0.1) is 0 Å². The molecule has 19 heavy (non-hydrogen) atoms. The van der Waals surface area contributed by atoms with Crippen LogP contribution in [0.1, 0.15) is 20.7 Å². The summed E-state index contributed by atoms with van der Waals surface area (Å²) in [6.07, 6.45) is 0. The normalized spacial score (nSPS) is 19.2. The van der Waals surface area contributed by atoms with Crippen molar-refractivity contribution in [1.29, 1.82) is 0 Å². The summed E-state index contributed by atoms with van der Waals surface area (Å²) < 4.78 is 5.20. The average Bonchev–Trinajstić information content (AvgIpc) is 2.46. The first kappa shape index (κ1) is 13.5. The minimum absolute atomic E-state index is 0.0691. The van der Waals surface area contributed by atoms with Crippen LogP contribution < -0.4 is 0 Å². The van der Waals surface area contributed by atoms with Crippen molar-refractivity contribution in [2.24, 2.45) is 0 Å². The number of hydrogen-bond acceptors (Lipinski definition) is 4. The second kappa shape index (κ2) is 5.81. The number of carbonyl (C=O) groups excluding carboxylic acids is 1. The van der Waals surface area contributed by atoms with Crippen LogP contribution >= 0.6 is 0 Å². The van der Waals surface area contributed by atoms with E-state index in [1.807, 2.05) is 0 Å². The molecule has 0 saturated carbocycles. The summed E-state index contributed by atoms with van der Waals surface area (Å²) in [6, 6.07) is 5.50. The minimum Gasteiger partial charge on any atom is -0.478 e. The van der Waals surface area contributed by atoms with Crippen LogP contribution in [0, 0.1) is 0 Å². The van der Waals surface area contributed by atoms with Crippen molar-refractivity contribution in [3.8, 4) is 0 Å². The number of ether oxygens (including phenoxy) is 1. The Balaban J connectivity index is 2.22. The smallest absolute Gasteiger partial charge is 0.335 e. The van der Waals surface area contributed by atoms with Crippen molar-refractivity contribution < 1.29 is 24.5 Å². The van der Waals surface area contributed by atoms with Gasteiger partial charge in [0.05, 0.1) is 31.4 Å². The van der Waals surface area contributed by atoms with Crippen LogP contribution in [-0.2, 0) is 4.74 Å². The molecule has 6 nitrogen and oxygen atoms in total. The fourth-order valence-electron chi connectivity index (χ4n) is 2.02. The summed E-state index contributed by atoms with van der Waals surface area (Å²) in [6.45, 7) is 0.924. The second-order valence-electron chi connectivity index (χ2n) is 4.30. The number of aliphatic hydroxyl groups excluding tert-OH is 1. The van der Waals surface area contributed by atoms with Crippen molar-refractivity contribution >= 4 is 11.9 Å². The van der Waals surface area contributed by atoms with Crippen LogP contribution in [0.4, 0.5) is 0 Å². The monoisotopic (exact) mass is 265 g/mol. The van der Waals surface area contributed by atoms with E-state index >= 15 is 0 Å². The average molecular weight is 265 g/mol. The van der Waals surface area contributed by atoms with Crippen LogP contribution in [0.2, 0.25) is 0 Å². The van der Waals surface area contributed by atoms with Crippen molar-refractivity contribution in [3.05, 3.63) is 35.4 Å². The Hall–Kier alpha value is -1.92. The molecule has 0 aliphatic carbocycles. The van der Waals surface area contributed by atoms with Crippen molar-refractivity contribution in [1.82, 2.24) is 4.90 Å². The summed E-state index contributed by atoms with van der Waals surface area (Å²) in [4.78, 5) is 24.7. The van der Waals surface area contributed by atoms with Crippen molar-refractivity contribution in [2.45, 2.75) is 6.04 Å². The number of aliphatic hydroxyl groups is 1. The predicted octanol–water partition coefficient (Wildman–Crippen LogP) is 0.218. The Bertz CT molecular complexity index is 488. The van der Waals surface area contributed by atoms with E-state index in [1.165, 1.54) is 23.1 Å². The molecule has 1 aromatic rings. The van der Waals surface area contributed by atoms with E-state index in [2.05, 4.69) is 0 Å². The van der Waals surface area contributed by atoms with Gasteiger partial charge in [-0.25, -0.2) is 4.79 Å². The number of rotatable bonds is 3. The molecule has 6 heteroatoms. The first-order chi connectivity index (χ1) is 9.13. The van der Waals surface area contributed by atoms with Gasteiger partial charge in [-0.2, -0.15) is 0 Å². The maximum Gasteiger partial charge on any atom is 0.335 e. The molecule has 1 heterocycles. The molecule has 1 aliphatic heterocycles. The number of morpholine rings is 1. The number of aromatic carboxylic acids is 1. The third kappa shape index (κ3) is 2.91. The van der Waals surface area contributed by atoms with Gasteiger partial charge >= 0.3 is 5.97 Å². The number of carbonyl (C=O) groups is 2. The predicted molar refractivity (Wildman–Crippen MR) is 66.1 cm³/mol. The van der Waals surface area contributed by atoms with Crippen LogP contribution in [0.5, 0.6) is 0 Å². The molecule has 102 valence electrons. The Kier molecular flexibility index (Phi) is 4.13. The highest BCUT2D eigenvalue weighted by Crippen LogP contribution is 2.14. The lowest BCUT2D eigenvalue weighted by Crippen LogP contribution is -2.50. The Labute approximate surface area is 110 Å². The van der Waals surface area contributed by atoms with E-state index in [4.69, 9.17) is 9.84 Å². The highest BCUT2D eigenvalue weighted by atomic mass is 16.5. The van der Waals surface area contributed by atoms with Gasteiger partial charge in [-0.1, -0.05) is 6.07 Å². The molecule has 1 saturated heterocycles. The van der Waals surface area contributed by atoms with Gasteiger partial charge in [0.1, 0.15) is 0 Å². The maximum atomic E-state index is 12.3. The molecule has 1 amide bonds. The van der Waals surface area contributed by atoms with Gasteiger partial charge < -0.3 is 19.8 Å². The van der Waals surface area contributed by atoms with Gasteiger partial charge in [0.15, 0.2) is 0 Å². The lowest BCUT2D eigenvalue weighted by molar-refractivity contribution is -0.0183. The fraction of sp³-hybridized carbons (Fsp3) is 0.385. The number of benzene rings is 1. The highest BCUT2D eigenvalue weighted by molar-refractivity contribution is 5.97. The molecule has 1 aromatic carbocycles. The summed E-state index contributed by atoms with van der Waals surface area (Å²) in [7, 11) is 0. The SMILES string of the molecule is O=C(O)c1cccc(C(=O)N2CCOCC2CO)c1. The zero-order valence-corrected chi connectivity index (χ0v) is 10.3. The molecule has 2 rings (SSSR count). The molecule has 2 N–H and O–H groups in total. The largest absolute Gasteiger partial charge is 0.478 e. The van der Waals surface area contributed by atoms with Gasteiger partial charge in [-0.05, 0) is 18.2 Å². The molecular weight excluding hydrogens is 250 g/mol. The van der Waals surface area contributed by atoms with Crippen molar-refractivity contribution in [3.63, 3.8) is 0 Å². The van der Waals surface area contributed by atoms with Crippen LogP contribution in [0.15, 0.2) is 24.3 Å².